The average molecular weight is 597 g/mol. The van der Waals surface area contributed by atoms with Gasteiger partial charge < -0.3 is 20.3 Å². The standard InChI is InChI=1S/C33H44N2O6S/c1-3-4-5-6-7-8-9-10-11-12-20-42(39,40)35-27-14-13-15-28(22-27)41-24-34-26-17-19-31(36)30(23-26)33(38)29-18-16-25(2)21-32(29)37/h13-19,21-23,34-37H,3-12,20,24H2,1-2H3. The van der Waals surface area contributed by atoms with Crippen molar-refractivity contribution >= 4 is 27.2 Å². The lowest BCUT2D eigenvalue weighted by Gasteiger charge is -2.13. The van der Waals surface area contributed by atoms with E-state index in [0.717, 1.165) is 24.8 Å². The first-order chi connectivity index (χ1) is 20.2. The average Bonchev–Trinajstić information content (AvgIpc) is 2.94. The fraction of sp³-hybridized carbons (Fsp3) is 0.424. The highest BCUT2D eigenvalue weighted by molar-refractivity contribution is 7.92. The zero-order valence-corrected chi connectivity index (χ0v) is 25.5. The summed E-state index contributed by atoms with van der Waals surface area (Å²) in [5.74, 6) is -0.323. The van der Waals surface area contributed by atoms with Crippen molar-refractivity contribution in [3.05, 3.63) is 77.4 Å². The first-order valence-electron chi connectivity index (χ1n) is 14.8. The summed E-state index contributed by atoms with van der Waals surface area (Å²) in [6.07, 6.45) is 11.4. The van der Waals surface area contributed by atoms with Crippen molar-refractivity contribution in [1.29, 1.82) is 0 Å². The molecule has 8 nitrogen and oxygen atoms in total. The molecule has 0 aliphatic rings. The summed E-state index contributed by atoms with van der Waals surface area (Å²) < 4.78 is 33.5. The molecule has 0 fully saturated rings. The van der Waals surface area contributed by atoms with Crippen LogP contribution in [0.2, 0.25) is 0 Å². The van der Waals surface area contributed by atoms with Crippen molar-refractivity contribution in [1.82, 2.24) is 0 Å². The van der Waals surface area contributed by atoms with Crippen LogP contribution >= 0.6 is 0 Å². The third kappa shape index (κ3) is 10.9. The van der Waals surface area contributed by atoms with Crippen LogP contribution in [-0.2, 0) is 10.0 Å². The van der Waals surface area contributed by atoms with Gasteiger partial charge in [0.1, 0.15) is 17.2 Å². The predicted octanol–water partition coefficient (Wildman–Crippen LogP) is 7.75. The third-order valence-electron chi connectivity index (χ3n) is 7.03. The van der Waals surface area contributed by atoms with Gasteiger partial charge in [-0.25, -0.2) is 8.42 Å². The van der Waals surface area contributed by atoms with Crippen molar-refractivity contribution in [2.45, 2.75) is 78.1 Å². The number of aromatic hydroxyl groups is 2. The van der Waals surface area contributed by atoms with Crippen LogP contribution in [0.1, 0.15) is 92.6 Å². The molecule has 3 aromatic carbocycles. The number of rotatable bonds is 19. The van der Waals surface area contributed by atoms with Crippen molar-refractivity contribution < 1.29 is 28.2 Å². The SMILES string of the molecule is CCCCCCCCCCCCS(=O)(=O)Nc1cccc(OCNc2ccc(O)c(C(=O)c3ccc(C)cc3O)c2)c1. The molecule has 0 aliphatic carbocycles. The van der Waals surface area contributed by atoms with E-state index < -0.39 is 15.8 Å². The molecule has 0 saturated heterocycles. The Morgan fingerprint density at radius 3 is 2.14 bits per heavy atom. The fourth-order valence-corrected chi connectivity index (χ4v) is 5.84. The van der Waals surface area contributed by atoms with E-state index in [1.165, 1.54) is 62.8 Å². The number of hydrogen-bond acceptors (Lipinski definition) is 7. The number of anilines is 2. The lowest BCUT2D eigenvalue weighted by atomic mass is 10.00. The smallest absolute Gasteiger partial charge is 0.232 e. The van der Waals surface area contributed by atoms with Crippen LogP contribution in [0.5, 0.6) is 17.2 Å². The molecule has 0 aromatic heterocycles. The van der Waals surface area contributed by atoms with Crippen LogP contribution in [0.4, 0.5) is 11.4 Å². The monoisotopic (exact) mass is 596 g/mol. The summed E-state index contributed by atoms with van der Waals surface area (Å²) in [6, 6.07) is 15.9. The number of nitrogens with one attached hydrogen (secondary N) is 2. The van der Waals surface area contributed by atoms with E-state index in [1.807, 2.05) is 0 Å². The second-order valence-electron chi connectivity index (χ2n) is 10.7. The molecular formula is C33H44N2O6S. The number of carbonyl (C=O) groups is 1. The summed E-state index contributed by atoms with van der Waals surface area (Å²) in [5, 5.41) is 23.5. The maximum absolute atomic E-state index is 12.9. The molecule has 0 aliphatic heterocycles. The van der Waals surface area contributed by atoms with Gasteiger partial charge in [0, 0.05) is 11.8 Å². The van der Waals surface area contributed by atoms with Gasteiger partial charge in [0.05, 0.1) is 22.6 Å². The Morgan fingerprint density at radius 2 is 1.45 bits per heavy atom. The summed E-state index contributed by atoms with van der Waals surface area (Å²) in [6.45, 7) is 4.05. The number of phenolic OH excluding ortho intramolecular Hbond substituents is 2. The molecule has 42 heavy (non-hydrogen) atoms. The van der Waals surface area contributed by atoms with Gasteiger partial charge in [-0.1, -0.05) is 76.8 Å². The molecule has 0 bridgehead atoms. The van der Waals surface area contributed by atoms with Crippen LogP contribution in [0, 0.1) is 6.92 Å². The Balaban J connectivity index is 1.45. The van der Waals surface area contributed by atoms with Crippen molar-refractivity contribution in [3.63, 3.8) is 0 Å². The van der Waals surface area contributed by atoms with Gasteiger partial charge in [-0.15, -0.1) is 0 Å². The Kier molecular flexibility index (Phi) is 13.0. The Labute approximate surface area is 250 Å². The van der Waals surface area contributed by atoms with Gasteiger partial charge in [-0.2, -0.15) is 0 Å². The molecule has 3 aromatic rings. The quantitative estimate of drug-likeness (QED) is 0.0483. The van der Waals surface area contributed by atoms with Crippen LogP contribution in [0.15, 0.2) is 60.7 Å². The van der Waals surface area contributed by atoms with Crippen molar-refractivity contribution in [2.75, 3.05) is 22.5 Å². The summed E-state index contributed by atoms with van der Waals surface area (Å²) in [5.41, 5.74) is 1.90. The number of ether oxygens (including phenoxy) is 1. The van der Waals surface area contributed by atoms with E-state index in [2.05, 4.69) is 17.0 Å². The summed E-state index contributed by atoms with van der Waals surface area (Å²) in [4.78, 5) is 12.9. The highest BCUT2D eigenvalue weighted by atomic mass is 32.2. The molecule has 228 valence electrons. The minimum Gasteiger partial charge on any atom is -0.507 e. The Bertz CT molecular complexity index is 1410. The normalized spacial score (nSPS) is 11.3. The Morgan fingerprint density at radius 1 is 0.762 bits per heavy atom. The topological polar surface area (TPSA) is 125 Å². The highest BCUT2D eigenvalue weighted by Crippen LogP contribution is 2.28. The number of aryl methyl sites for hydroxylation is 1. The van der Waals surface area contributed by atoms with E-state index in [4.69, 9.17) is 4.74 Å². The first kappa shape index (κ1) is 32.8. The number of hydrogen-bond donors (Lipinski definition) is 4. The van der Waals surface area contributed by atoms with E-state index >= 15 is 0 Å². The van der Waals surface area contributed by atoms with Crippen LogP contribution < -0.4 is 14.8 Å². The van der Waals surface area contributed by atoms with E-state index in [0.29, 0.717) is 23.5 Å². The second kappa shape index (κ2) is 16.7. The molecule has 4 N–H and O–H groups in total. The molecular weight excluding hydrogens is 552 g/mol. The molecule has 9 heteroatoms. The molecule has 0 spiro atoms. The number of carbonyl (C=O) groups excluding carboxylic acids is 1. The molecule has 0 saturated carbocycles. The lowest BCUT2D eigenvalue weighted by molar-refractivity contribution is 0.103. The van der Waals surface area contributed by atoms with Crippen LogP contribution in [-0.4, -0.2) is 36.9 Å². The predicted molar refractivity (Wildman–Crippen MR) is 169 cm³/mol. The summed E-state index contributed by atoms with van der Waals surface area (Å²) in [7, 11) is -3.46. The number of benzene rings is 3. The molecule has 0 heterocycles. The number of ketones is 1. The number of sulfonamides is 1. The number of unbranched alkanes of at least 4 members (excludes halogenated alkanes) is 9. The molecule has 0 unspecified atom stereocenters. The minimum atomic E-state index is -3.46. The molecule has 0 radical (unpaired) electrons. The van der Waals surface area contributed by atoms with Gasteiger partial charge in [0.2, 0.25) is 15.8 Å². The zero-order valence-electron chi connectivity index (χ0n) is 24.7. The minimum absolute atomic E-state index is 0.0307. The highest BCUT2D eigenvalue weighted by Gasteiger charge is 2.18. The Hall–Kier alpha value is -3.72. The first-order valence-corrected chi connectivity index (χ1v) is 16.5. The third-order valence-corrected chi connectivity index (χ3v) is 8.40. The van der Waals surface area contributed by atoms with Gasteiger partial charge in [0.25, 0.3) is 0 Å². The maximum atomic E-state index is 12.9. The molecule has 3 rings (SSSR count). The van der Waals surface area contributed by atoms with Gasteiger partial charge >= 0.3 is 0 Å². The molecule has 0 atom stereocenters. The molecule has 0 amide bonds. The van der Waals surface area contributed by atoms with Gasteiger partial charge in [-0.3, -0.25) is 9.52 Å². The largest absolute Gasteiger partial charge is 0.507 e. The second-order valence-corrected chi connectivity index (χ2v) is 12.5. The maximum Gasteiger partial charge on any atom is 0.232 e. The van der Waals surface area contributed by atoms with Gasteiger partial charge in [-0.05, 0) is 61.4 Å². The lowest BCUT2D eigenvalue weighted by Crippen LogP contribution is -2.17. The van der Waals surface area contributed by atoms with Crippen LogP contribution in [0.25, 0.3) is 0 Å². The van der Waals surface area contributed by atoms with Gasteiger partial charge in [0.15, 0.2) is 6.73 Å². The van der Waals surface area contributed by atoms with Crippen molar-refractivity contribution in [2.24, 2.45) is 0 Å². The van der Waals surface area contributed by atoms with E-state index in [-0.39, 0.29) is 35.1 Å². The zero-order chi connectivity index (χ0) is 30.4. The number of phenols is 2. The van der Waals surface area contributed by atoms with E-state index in [9.17, 15) is 23.4 Å². The fourth-order valence-electron chi connectivity index (χ4n) is 4.67. The van der Waals surface area contributed by atoms with Crippen molar-refractivity contribution in [3.8, 4) is 17.2 Å². The van der Waals surface area contributed by atoms with Crippen LogP contribution in [0.3, 0.4) is 0 Å². The summed E-state index contributed by atoms with van der Waals surface area (Å²) >= 11 is 0. The van der Waals surface area contributed by atoms with E-state index in [1.54, 1.807) is 43.3 Å².